The lowest BCUT2D eigenvalue weighted by molar-refractivity contribution is -0.383. The second-order valence-electron chi connectivity index (χ2n) is 6.14. The second-order valence-corrected chi connectivity index (χ2v) is 6.14. The summed E-state index contributed by atoms with van der Waals surface area (Å²) < 4.78 is 0. The number of nitro benzene ring substituents is 1. The SMILES string of the molecule is CC(C)CCC(C)(O)CNC(=O)c1ccc(N)c([N+](=O)[O-])c1. The lowest BCUT2D eigenvalue weighted by Gasteiger charge is -2.24. The van der Waals surface area contributed by atoms with E-state index in [1.165, 1.54) is 12.1 Å². The summed E-state index contributed by atoms with van der Waals surface area (Å²) in [6.45, 7) is 5.85. The van der Waals surface area contributed by atoms with Gasteiger partial charge in [0, 0.05) is 18.2 Å². The number of anilines is 1. The number of aliphatic hydroxyl groups is 1. The van der Waals surface area contributed by atoms with Gasteiger partial charge in [-0.25, -0.2) is 0 Å². The average Bonchev–Trinajstić information content (AvgIpc) is 2.43. The van der Waals surface area contributed by atoms with Crippen LogP contribution in [-0.4, -0.2) is 28.1 Å². The van der Waals surface area contributed by atoms with Crippen molar-refractivity contribution >= 4 is 17.3 Å². The number of carbonyl (C=O) groups is 1. The molecule has 7 heteroatoms. The molecule has 0 aromatic heterocycles. The van der Waals surface area contributed by atoms with E-state index in [1.54, 1.807) is 6.92 Å². The lowest BCUT2D eigenvalue weighted by Crippen LogP contribution is -2.40. The number of amides is 1. The fraction of sp³-hybridized carbons (Fsp3) is 0.533. The molecular weight excluding hydrogens is 286 g/mol. The number of benzene rings is 1. The van der Waals surface area contributed by atoms with E-state index >= 15 is 0 Å². The van der Waals surface area contributed by atoms with Crippen molar-refractivity contribution < 1.29 is 14.8 Å². The summed E-state index contributed by atoms with van der Waals surface area (Å²) in [5.74, 6) is -0.0187. The summed E-state index contributed by atoms with van der Waals surface area (Å²) in [7, 11) is 0. The molecule has 1 aromatic carbocycles. The molecule has 1 rings (SSSR count). The van der Waals surface area contributed by atoms with Gasteiger partial charge in [0.2, 0.25) is 0 Å². The maximum Gasteiger partial charge on any atom is 0.292 e. The van der Waals surface area contributed by atoms with E-state index in [9.17, 15) is 20.0 Å². The van der Waals surface area contributed by atoms with Crippen LogP contribution in [0.3, 0.4) is 0 Å². The highest BCUT2D eigenvalue weighted by Crippen LogP contribution is 2.22. The number of hydrogen-bond donors (Lipinski definition) is 3. The van der Waals surface area contributed by atoms with Gasteiger partial charge < -0.3 is 16.2 Å². The third-order valence-corrected chi connectivity index (χ3v) is 3.38. The molecule has 122 valence electrons. The molecule has 1 aromatic rings. The van der Waals surface area contributed by atoms with Gasteiger partial charge in [-0.15, -0.1) is 0 Å². The molecule has 1 atom stereocenters. The Labute approximate surface area is 129 Å². The van der Waals surface area contributed by atoms with Crippen molar-refractivity contribution in [2.24, 2.45) is 5.92 Å². The van der Waals surface area contributed by atoms with E-state index in [4.69, 9.17) is 5.73 Å². The van der Waals surface area contributed by atoms with Crippen LogP contribution in [0.4, 0.5) is 11.4 Å². The van der Waals surface area contributed by atoms with Gasteiger partial charge in [-0.05, 0) is 37.8 Å². The monoisotopic (exact) mass is 309 g/mol. The highest BCUT2D eigenvalue weighted by molar-refractivity contribution is 5.95. The van der Waals surface area contributed by atoms with Crippen LogP contribution in [0.2, 0.25) is 0 Å². The number of nitrogens with one attached hydrogen (secondary N) is 1. The van der Waals surface area contributed by atoms with Crippen LogP contribution in [0.1, 0.15) is 44.0 Å². The Morgan fingerprint density at radius 2 is 2.14 bits per heavy atom. The number of carbonyl (C=O) groups excluding carboxylic acids is 1. The van der Waals surface area contributed by atoms with Gasteiger partial charge in [0.25, 0.3) is 11.6 Å². The van der Waals surface area contributed by atoms with E-state index in [-0.39, 0.29) is 23.5 Å². The normalized spacial score (nSPS) is 13.7. The quantitative estimate of drug-likeness (QED) is 0.405. The summed E-state index contributed by atoms with van der Waals surface area (Å²) in [5, 5.41) is 23.6. The second kappa shape index (κ2) is 7.22. The number of nitrogens with two attached hydrogens (primary N) is 1. The first-order valence-electron chi connectivity index (χ1n) is 7.17. The standard InChI is InChI=1S/C15H23N3O4/c1-10(2)6-7-15(3,20)9-17-14(19)11-4-5-12(16)13(8-11)18(21)22/h4-5,8,10,20H,6-7,9,16H2,1-3H3,(H,17,19). The van der Waals surface area contributed by atoms with Crippen molar-refractivity contribution in [2.45, 2.75) is 39.2 Å². The maximum atomic E-state index is 12.0. The van der Waals surface area contributed by atoms with Gasteiger partial charge >= 0.3 is 0 Å². The Kier molecular flexibility index (Phi) is 5.87. The van der Waals surface area contributed by atoms with E-state index < -0.39 is 16.4 Å². The molecule has 7 nitrogen and oxygen atoms in total. The fourth-order valence-electron chi connectivity index (χ4n) is 1.90. The Bertz CT molecular complexity index is 556. The van der Waals surface area contributed by atoms with Gasteiger partial charge in [-0.3, -0.25) is 14.9 Å². The van der Waals surface area contributed by atoms with Crippen molar-refractivity contribution in [3.05, 3.63) is 33.9 Å². The van der Waals surface area contributed by atoms with Crippen LogP contribution in [-0.2, 0) is 0 Å². The molecule has 0 saturated carbocycles. The largest absolute Gasteiger partial charge is 0.393 e. The summed E-state index contributed by atoms with van der Waals surface area (Å²) in [6, 6.07) is 3.87. The molecule has 0 radical (unpaired) electrons. The van der Waals surface area contributed by atoms with Gasteiger partial charge in [0.05, 0.1) is 10.5 Å². The summed E-state index contributed by atoms with van der Waals surface area (Å²) in [4.78, 5) is 22.2. The first-order valence-corrected chi connectivity index (χ1v) is 7.17. The Morgan fingerprint density at radius 3 is 2.68 bits per heavy atom. The van der Waals surface area contributed by atoms with Crippen molar-refractivity contribution in [1.82, 2.24) is 5.32 Å². The van der Waals surface area contributed by atoms with Crippen LogP contribution < -0.4 is 11.1 Å². The molecule has 0 bridgehead atoms. The van der Waals surface area contributed by atoms with E-state index in [0.29, 0.717) is 12.3 Å². The van der Waals surface area contributed by atoms with Gasteiger partial charge in [-0.2, -0.15) is 0 Å². The minimum Gasteiger partial charge on any atom is -0.393 e. The van der Waals surface area contributed by atoms with E-state index in [2.05, 4.69) is 19.2 Å². The first-order chi connectivity index (χ1) is 10.1. The molecule has 0 heterocycles. The molecular formula is C15H23N3O4. The smallest absolute Gasteiger partial charge is 0.292 e. The summed E-state index contributed by atoms with van der Waals surface area (Å²) >= 11 is 0. The van der Waals surface area contributed by atoms with E-state index in [1.807, 2.05) is 0 Å². The fourth-order valence-corrected chi connectivity index (χ4v) is 1.90. The molecule has 0 spiro atoms. The topological polar surface area (TPSA) is 118 Å². The zero-order chi connectivity index (χ0) is 16.9. The number of nitrogens with zero attached hydrogens (tertiary/aromatic N) is 1. The highest BCUT2D eigenvalue weighted by atomic mass is 16.6. The minimum absolute atomic E-state index is 0.00507. The molecule has 4 N–H and O–H groups in total. The minimum atomic E-state index is -1.01. The lowest BCUT2D eigenvalue weighted by atomic mass is 9.95. The molecule has 0 aliphatic rings. The van der Waals surface area contributed by atoms with Crippen molar-refractivity contribution in [1.29, 1.82) is 0 Å². The maximum absolute atomic E-state index is 12.0. The number of nitrogen functional groups attached to an aromatic ring is 1. The Balaban J connectivity index is 2.70. The third kappa shape index (κ3) is 5.33. The number of nitro groups is 1. The molecule has 0 aliphatic carbocycles. The van der Waals surface area contributed by atoms with Crippen LogP contribution >= 0.6 is 0 Å². The Morgan fingerprint density at radius 1 is 1.50 bits per heavy atom. The predicted octanol–water partition coefficient (Wildman–Crippen LogP) is 2.09. The van der Waals surface area contributed by atoms with Crippen molar-refractivity contribution in [3.63, 3.8) is 0 Å². The van der Waals surface area contributed by atoms with Gasteiger partial charge in [-0.1, -0.05) is 13.8 Å². The zero-order valence-corrected chi connectivity index (χ0v) is 13.1. The van der Waals surface area contributed by atoms with Crippen molar-refractivity contribution in [3.8, 4) is 0 Å². The number of hydrogen-bond acceptors (Lipinski definition) is 5. The van der Waals surface area contributed by atoms with Gasteiger partial charge in [0.15, 0.2) is 0 Å². The molecule has 0 aliphatic heterocycles. The van der Waals surface area contributed by atoms with Crippen molar-refractivity contribution in [2.75, 3.05) is 12.3 Å². The van der Waals surface area contributed by atoms with E-state index in [0.717, 1.165) is 12.5 Å². The molecule has 1 unspecified atom stereocenters. The number of rotatable bonds is 7. The van der Waals surface area contributed by atoms with Crippen LogP contribution in [0, 0.1) is 16.0 Å². The Hall–Kier alpha value is -2.15. The average molecular weight is 309 g/mol. The predicted molar refractivity (Wildman–Crippen MR) is 84.5 cm³/mol. The summed E-state index contributed by atoms with van der Waals surface area (Å²) in [6.07, 6.45) is 1.41. The van der Waals surface area contributed by atoms with Gasteiger partial charge in [0.1, 0.15) is 5.69 Å². The zero-order valence-electron chi connectivity index (χ0n) is 13.1. The third-order valence-electron chi connectivity index (χ3n) is 3.38. The van der Waals surface area contributed by atoms with Crippen LogP contribution in [0.15, 0.2) is 18.2 Å². The molecule has 22 heavy (non-hydrogen) atoms. The summed E-state index contributed by atoms with van der Waals surface area (Å²) in [5.41, 5.74) is 4.31. The molecule has 0 saturated heterocycles. The first kappa shape index (κ1) is 17.9. The van der Waals surface area contributed by atoms with Crippen LogP contribution in [0.25, 0.3) is 0 Å². The highest BCUT2D eigenvalue weighted by Gasteiger charge is 2.22. The van der Waals surface area contributed by atoms with Crippen LogP contribution in [0.5, 0.6) is 0 Å². The molecule has 0 fully saturated rings. The molecule has 1 amide bonds.